The Morgan fingerprint density at radius 2 is 1.97 bits per heavy atom. The number of hydrogen-bond acceptors (Lipinski definition) is 5. The fourth-order valence-corrected chi connectivity index (χ4v) is 3.28. The molecule has 4 rings (SSSR count). The number of fused-ring (bicyclic) bond motifs is 2. The zero-order valence-electron chi connectivity index (χ0n) is 15.5. The van der Waals surface area contributed by atoms with E-state index in [0.717, 1.165) is 12.1 Å². The van der Waals surface area contributed by atoms with Gasteiger partial charge in [-0.1, -0.05) is 6.07 Å². The maximum atomic E-state index is 14.5. The smallest absolute Gasteiger partial charge is 0.413 e. The number of halogens is 3. The number of alkyl halides is 1. The number of carbonyl (C=O) groups excluding carboxylic acids is 2. The first-order valence-corrected chi connectivity index (χ1v) is 9.57. The van der Waals surface area contributed by atoms with Crippen molar-refractivity contribution < 1.29 is 23.1 Å². The van der Waals surface area contributed by atoms with Crippen LogP contribution in [0.1, 0.15) is 27.9 Å². The van der Waals surface area contributed by atoms with Crippen LogP contribution in [0.3, 0.4) is 0 Å². The summed E-state index contributed by atoms with van der Waals surface area (Å²) < 4.78 is 33.6. The van der Waals surface area contributed by atoms with Crippen molar-refractivity contribution in [2.75, 3.05) is 24.3 Å². The number of hydrogen-bond donors (Lipinski definition) is 2. The van der Waals surface area contributed by atoms with Crippen LogP contribution in [-0.2, 0) is 4.74 Å². The minimum Gasteiger partial charge on any atom is -0.449 e. The predicted molar refractivity (Wildman–Crippen MR) is 108 cm³/mol. The Hall–Kier alpha value is -3.33. The van der Waals surface area contributed by atoms with E-state index in [-0.39, 0.29) is 35.9 Å². The zero-order valence-corrected chi connectivity index (χ0v) is 16.2. The topological polar surface area (TPSA) is 96.4 Å². The molecule has 1 aromatic heterocycles. The van der Waals surface area contributed by atoms with Gasteiger partial charge in [-0.2, -0.15) is 0 Å². The Morgan fingerprint density at radius 3 is 2.73 bits per heavy atom. The lowest BCUT2D eigenvalue weighted by atomic mass is 9.91. The molecule has 2 N–H and O–H groups in total. The summed E-state index contributed by atoms with van der Waals surface area (Å²) in [6, 6.07) is 6.80. The van der Waals surface area contributed by atoms with E-state index >= 15 is 0 Å². The first-order valence-electron chi connectivity index (χ1n) is 9.04. The van der Waals surface area contributed by atoms with E-state index in [4.69, 9.17) is 16.3 Å². The van der Waals surface area contributed by atoms with Crippen LogP contribution in [0.5, 0.6) is 0 Å². The number of nitrogens with zero attached hydrogens (tertiary/aromatic N) is 2. The molecule has 0 saturated carbocycles. The van der Waals surface area contributed by atoms with Crippen LogP contribution in [0, 0.1) is 11.6 Å². The van der Waals surface area contributed by atoms with Crippen molar-refractivity contribution in [2.24, 2.45) is 4.99 Å². The fraction of sp³-hybridized carbons (Fsp3) is 0.200. The van der Waals surface area contributed by atoms with Crippen molar-refractivity contribution in [2.45, 2.75) is 6.42 Å². The number of nitrogens with one attached hydrogen (secondary N) is 2. The number of ketones is 1. The van der Waals surface area contributed by atoms with Gasteiger partial charge in [0.15, 0.2) is 5.78 Å². The van der Waals surface area contributed by atoms with Crippen LogP contribution >= 0.6 is 11.6 Å². The van der Waals surface area contributed by atoms with Crippen molar-refractivity contribution in [3.8, 4) is 0 Å². The molecule has 0 spiro atoms. The van der Waals surface area contributed by atoms with Crippen molar-refractivity contribution in [3.05, 3.63) is 58.7 Å². The Balaban J connectivity index is 1.65. The number of H-pyrrole nitrogens is 1. The van der Waals surface area contributed by atoms with Crippen LogP contribution in [0.4, 0.5) is 19.5 Å². The summed E-state index contributed by atoms with van der Waals surface area (Å²) in [4.78, 5) is 35.1. The van der Waals surface area contributed by atoms with E-state index in [1.54, 1.807) is 18.2 Å². The highest BCUT2D eigenvalue weighted by Gasteiger charge is 2.28. The Morgan fingerprint density at radius 1 is 1.20 bits per heavy atom. The summed E-state index contributed by atoms with van der Waals surface area (Å²) in [5, 5.41) is 2.47. The minimum absolute atomic E-state index is 0.161. The average molecular weight is 433 g/mol. The molecule has 30 heavy (non-hydrogen) atoms. The number of anilines is 1. The van der Waals surface area contributed by atoms with Gasteiger partial charge in [0.25, 0.3) is 0 Å². The molecule has 0 aliphatic carbocycles. The van der Waals surface area contributed by atoms with Crippen molar-refractivity contribution >= 4 is 46.2 Å². The van der Waals surface area contributed by atoms with Crippen molar-refractivity contribution in [3.63, 3.8) is 0 Å². The number of aromatic amines is 1. The zero-order chi connectivity index (χ0) is 21.3. The lowest BCUT2D eigenvalue weighted by Crippen LogP contribution is -2.23. The summed E-state index contributed by atoms with van der Waals surface area (Å²) in [5.74, 6) is -1.55. The summed E-state index contributed by atoms with van der Waals surface area (Å²) in [6.07, 6.45) is -0.150. The maximum absolute atomic E-state index is 14.5. The molecule has 0 atom stereocenters. The van der Waals surface area contributed by atoms with Gasteiger partial charge < -0.3 is 9.72 Å². The first-order chi connectivity index (χ1) is 14.5. The average Bonchev–Trinajstić information content (AvgIpc) is 3.12. The molecule has 1 aliphatic rings. The van der Waals surface area contributed by atoms with E-state index in [0.29, 0.717) is 28.9 Å². The molecule has 0 fully saturated rings. The quantitative estimate of drug-likeness (QED) is 0.469. The molecule has 3 aromatic rings. The number of carbonyl (C=O) groups is 2. The highest BCUT2D eigenvalue weighted by molar-refractivity contribution is 6.22. The van der Waals surface area contributed by atoms with Crippen LogP contribution < -0.4 is 5.32 Å². The molecule has 0 bridgehead atoms. The summed E-state index contributed by atoms with van der Waals surface area (Å²) >= 11 is 5.53. The SMILES string of the molecule is O=C(Nc1nc2ccc(C3=NCC(=O)c4c(F)ccc(F)c43)cc2[nH]1)OCCCCl. The predicted octanol–water partition coefficient (Wildman–Crippen LogP) is 4.05. The molecular weight excluding hydrogens is 418 g/mol. The highest BCUT2D eigenvalue weighted by Crippen LogP contribution is 2.27. The number of rotatable bonds is 5. The van der Waals surface area contributed by atoms with Gasteiger partial charge in [0.05, 0.1) is 28.9 Å². The third-order valence-electron chi connectivity index (χ3n) is 4.49. The van der Waals surface area contributed by atoms with Gasteiger partial charge >= 0.3 is 6.09 Å². The van der Waals surface area contributed by atoms with E-state index in [1.807, 2.05) is 0 Å². The second-order valence-corrected chi connectivity index (χ2v) is 6.87. The number of benzene rings is 2. The Kier molecular flexibility index (Phi) is 5.45. The van der Waals surface area contributed by atoms with Crippen molar-refractivity contribution in [1.29, 1.82) is 0 Å². The van der Waals surface area contributed by atoms with E-state index in [9.17, 15) is 18.4 Å². The highest BCUT2D eigenvalue weighted by atomic mass is 35.5. The molecule has 7 nitrogen and oxygen atoms in total. The number of aromatic nitrogens is 2. The first kappa shape index (κ1) is 20.0. The van der Waals surface area contributed by atoms with Crippen LogP contribution in [0.2, 0.25) is 0 Å². The lowest BCUT2D eigenvalue weighted by molar-refractivity contribution is 0.0995. The maximum Gasteiger partial charge on any atom is 0.413 e. The molecule has 2 heterocycles. The number of aliphatic imine (C=N–C) groups is 1. The molecular formula is C20H15ClF2N4O3. The number of Topliss-reactive ketones (excluding diaryl/α,β-unsaturated/α-hetero) is 1. The van der Waals surface area contributed by atoms with Gasteiger partial charge in [-0.3, -0.25) is 15.1 Å². The third kappa shape index (κ3) is 3.76. The second-order valence-electron chi connectivity index (χ2n) is 6.49. The molecule has 1 amide bonds. The number of ether oxygens (including phenoxy) is 1. The minimum atomic E-state index is -0.786. The van der Waals surface area contributed by atoms with E-state index in [1.165, 1.54) is 0 Å². The summed E-state index contributed by atoms with van der Waals surface area (Å²) in [6.45, 7) is -0.0928. The fourth-order valence-electron chi connectivity index (χ4n) is 3.17. The van der Waals surface area contributed by atoms with Crippen molar-refractivity contribution in [1.82, 2.24) is 9.97 Å². The number of amides is 1. The van der Waals surface area contributed by atoms with Gasteiger partial charge in [-0.05, 0) is 30.7 Å². The van der Waals surface area contributed by atoms with Gasteiger partial charge in [0.1, 0.15) is 18.2 Å². The van der Waals surface area contributed by atoms with Crippen LogP contribution in [-0.4, -0.2) is 46.6 Å². The number of imidazole rings is 1. The molecule has 154 valence electrons. The van der Waals surface area contributed by atoms with Gasteiger partial charge in [0.2, 0.25) is 5.95 Å². The Labute approximate surface area is 174 Å². The summed E-state index contributed by atoms with van der Waals surface area (Å²) in [5.41, 5.74) is 1.25. The van der Waals surface area contributed by atoms with Crippen LogP contribution in [0.15, 0.2) is 35.3 Å². The second kappa shape index (κ2) is 8.19. The van der Waals surface area contributed by atoms with Gasteiger partial charge in [0, 0.05) is 17.0 Å². The summed E-state index contributed by atoms with van der Waals surface area (Å²) in [7, 11) is 0. The monoisotopic (exact) mass is 432 g/mol. The van der Waals surface area contributed by atoms with Gasteiger partial charge in [-0.25, -0.2) is 18.6 Å². The Bertz CT molecular complexity index is 1190. The standard InChI is InChI=1S/C20H15ClF2N4O3/c21-6-1-7-30-20(29)27-19-25-13-5-2-10(8-14(13)26-19)18-17-12(23)4-3-11(22)16(17)15(28)9-24-18/h2-5,8H,1,6-7,9H2,(H2,25,26,27,29). The van der Waals surface area contributed by atoms with E-state index < -0.39 is 23.5 Å². The molecule has 0 radical (unpaired) electrons. The largest absolute Gasteiger partial charge is 0.449 e. The van der Waals surface area contributed by atoms with E-state index in [2.05, 4.69) is 20.3 Å². The van der Waals surface area contributed by atoms with Crippen LogP contribution in [0.25, 0.3) is 11.0 Å². The molecule has 10 heteroatoms. The molecule has 1 aliphatic heterocycles. The normalized spacial score (nSPS) is 13.2. The van der Waals surface area contributed by atoms with Gasteiger partial charge in [-0.15, -0.1) is 11.6 Å². The lowest BCUT2D eigenvalue weighted by Gasteiger charge is -2.17. The molecule has 0 saturated heterocycles. The molecule has 2 aromatic carbocycles. The molecule has 0 unspecified atom stereocenters. The third-order valence-corrected chi connectivity index (χ3v) is 4.75.